The van der Waals surface area contributed by atoms with E-state index in [9.17, 15) is 9.90 Å². The van der Waals surface area contributed by atoms with Gasteiger partial charge in [0.2, 0.25) is 5.88 Å². The summed E-state index contributed by atoms with van der Waals surface area (Å²) in [6, 6.07) is 1.59. The molecular weight excluding hydrogens is 368 g/mol. The van der Waals surface area contributed by atoms with Crippen molar-refractivity contribution in [2.45, 2.75) is 44.6 Å². The molecule has 2 heterocycles. The lowest BCUT2D eigenvalue weighted by molar-refractivity contribution is -0.0555. The number of amides is 1. The van der Waals surface area contributed by atoms with Crippen molar-refractivity contribution in [3.05, 3.63) is 22.8 Å². The third kappa shape index (κ3) is 4.23. The normalized spacial score (nSPS) is 26.9. The number of nitrogens with one attached hydrogen (secondary N) is 1. The van der Waals surface area contributed by atoms with Crippen LogP contribution in [0, 0.1) is 17.3 Å². The summed E-state index contributed by atoms with van der Waals surface area (Å²) in [6.45, 7) is 2.52. The van der Waals surface area contributed by atoms with Gasteiger partial charge in [-0.15, -0.1) is 0 Å². The molecule has 2 saturated carbocycles. The molecule has 0 bridgehead atoms. The summed E-state index contributed by atoms with van der Waals surface area (Å²) < 4.78 is 11.0. The van der Waals surface area contributed by atoms with Gasteiger partial charge in [0.1, 0.15) is 5.02 Å². The van der Waals surface area contributed by atoms with Crippen LogP contribution in [0.3, 0.4) is 0 Å². The Hall–Kier alpha value is -1.37. The fourth-order valence-electron chi connectivity index (χ4n) is 4.28. The number of ether oxygens (including phenoxy) is 2. The second-order valence-electron chi connectivity index (χ2n) is 8.19. The van der Waals surface area contributed by atoms with E-state index in [-0.39, 0.29) is 23.3 Å². The molecule has 1 spiro atoms. The SMILES string of the molecule is O=C(NC[C@@H]1CCC2(CCOCC2)[C@@H]1O)c1cnc(OCC2CC2)c(Cl)c1. The average molecular weight is 395 g/mol. The number of hydrogen-bond donors (Lipinski definition) is 2. The highest BCUT2D eigenvalue weighted by atomic mass is 35.5. The Kier molecular flexibility index (Phi) is 5.58. The molecule has 4 rings (SSSR count). The first kappa shape index (κ1) is 19.0. The van der Waals surface area contributed by atoms with E-state index in [4.69, 9.17) is 21.1 Å². The first-order chi connectivity index (χ1) is 13.1. The Morgan fingerprint density at radius 2 is 2.11 bits per heavy atom. The van der Waals surface area contributed by atoms with Crippen molar-refractivity contribution >= 4 is 17.5 Å². The topological polar surface area (TPSA) is 80.7 Å². The lowest BCUT2D eigenvalue weighted by Crippen LogP contribution is -2.41. The summed E-state index contributed by atoms with van der Waals surface area (Å²) >= 11 is 6.21. The summed E-state index contributed by atoms with van der Waals surface area (Å²) in [4.78, 5) is 16.6. The van der Waals surface area contributed by atoms with Crippen LogP contribution in [-0.4, -0.2) is 48.5 Å². The first-order valence-electron chi connectivity index (χ1n) is 9.90. The number of carbonyl (C=O) groups is 1. The number of halogens is 1. The highest BCUT2D eigenvalue weighted by Crippen LogP contribution is 2.48. The Morgan fingerprint density at radius 1 is 1.33 bits per heavy atom. The van der Waals surface area contributed by atoms with Gasteiger partial charge in [0.15, 0.2) is 0 Å². The van der Waals surface area contributed by atoms with Crippen LogP contribution in [0.15, 0.2) is 12.3 Å². The maximum Gasteiger partial charge on any atom is 0.252 e. The number of hydrogen-bond acceptors (Lipinski definition) is 5. The van der Waals surface area contributed by atoms with Gasteiger partial charge < -0.3 is 19.9 Å². The predicted octanol–water partition coefficient (Wildman–Crippen LogP) is 2.82. The zero-order chi connectivity index (χ0) is 18.9. The Morgan fingerprint density at radius 3 is 2.81 bits per heavy atom. The molecule has 2 N–H and O–H groups in total. The smallest absolute Gasteiger partial charge is 0.252 e. The van der Waals surface area contributed by atoms with Crippen LogP contribution in [0.25, 0.3) is 0 Å². The van der Waals surface area contributed by atoms with Gasteiger partial charge in [0, 0.05) is 37.3 Å². The van der Waals surface area contributed by atoms with Gasteiger partial charge in [-0.05, 0) is 50.5 Å². The lowest BCUT2D eigenvalue weighted by atomic mass is 9.76. The molecule has 1 saturated heterocycles. The minimum Gasteiger partial charge on any atom is -0.476 e. The molecule has 2 atom stereocenters. The predicted molar refractivity (Wildman–Crippen MR) is 101 cm³/mol. The molecule has 3 aliphatic rings. The van der Waals surface area contributed by atoms with E-state index < -0.39 is 0 Å². The highest BCUT2D eigenvalue weighted by Gasteiger charge is 2.48. The number of pyridine rings is 1. The van der Waals surface area contributed by atoms with Gasteiger partial charge in [-0.25, -0.2) is 4.98 Å². The van der Waals surface area contributed by atoms with Crippen molar-refractivity contribution in [2.75, 3.05) is 26.4 Å². The van der Waals surface area contributed by atoms with Crippen molar-refractivity contribution in [3.8, 4) is 5.88 Å². The summed E-state index contributed by atoms with van der Waals surface area (Å²) in [6.07, 6.45) is 7.22. The molecular formula is C20H27ClN2O4. The van der Waals surface area contributed by atoms with E-state index in [1.165, 1.54) is 19.0 Å². The first-order valence-corrected chi connectivity index (χ1v) is 10.3. The molecule has 1 aromatic heterocycles. The van der Waals surface area contributed by atoms with Crippen molar-refractivity contribution in [1.82, 2.24) is 10.3 Å². The van der Waals surface area contributed by atoms with Crippen LogP contribution in [0.2, 0.25) is 5.02 Å². The summed E-state index contributed by atoms with van der Waals surface area (Å²) in [7, 11) is 0. The van der Waals surface area contributed by atoms with Crippen molar-refractivity contribution in [2.24, 2.45) is 17.3 Å². The molecule has 1 amide bonds. The van der Waals surface area contributed by atoms with E-state index in [1.54, 1.807) is 6.07 Å². The van der Waals surface area contributed by atoms with E-state index >= 15 is 0 Å². The van der Waals surface area contributed by atoms with Gasteiger partial charge in [0.25, 0.3) is 5.91 Å². The van der Waals surface area contributed by atoms with Crippen molar-refractivity contribution in [1.29, 1.82) is 0 Å². The quantitative estimate of drug-likeness (QED) is 0.775. The van der Waals surface area contributed by atoms with Crippen molar-refractivity contribution in [3.63, 3.8) is 0 Å². The van der Waals surface area contributed by atoms with Crippen LogP contribution in [0.4, 0.5) is 0 Å². The molecule has 27 heavy (non-hydrogen) atoms. The lowest BCUT2D eigenvalue weighted by Gasteiger charge is -2.37. The van der Waals surface area contributed by atoms with Crippen molar-refractivity contribution < 1.29 is 19.4 Å². The monoisotopic (exact) mass is 394 g/mol. The van der Waals surface area contributed by atoms with Crippen LogP contribution >= 0.6 is 11.6 Å². The number of rotatable bonds is 6. The molecule has 148 valence electrons. The summed E-state index contributed by atoms with van der Waals surface area (Å²) in [5, 5.41) is 14.1. The van der Waals surface area contributed by atoms with Crippen LogP contribution < -0.4 is 10.1 Å². The number of aliphatic hydroxyl groups excluding tert-OH is 1. The van der Waals surface area contributed by atoms with E-state index in [1.807, 2.05) is 0 Å². The molecule has 3 fully saturated rings. The van der Waals surface area contributed by atoms with Crippen LogP contribution in [0.5, 0.6) is 5.88 Å². The molecule has 7 heteroatoms. The molecule has 1 aliphatic heterocycles. The van der Waals surface area contributed by atoms with Gasteiger partial charge in [0.05, 0.1) is 18.3 Å². The minimum atomic E-state index is -0.387. The molecule has 6 nitrogen and oxygen atoms in total. The second kappa shape index (κ2) is 7.94. The number of aliphatic hydroxyl groups is 1. The standard InChI is InChI=1S/C20H27ClN2O4/c21-16-9-15(11-23-19(16)27-12-13-1-2-13)18(25)22-10-14-3-4-20(17(14)24)5-7-26-8-6-20/h9,11,13-14,17,24H,1-8,10,12H2,(H,22,25)/t14-,17+/m0/s1. The third-order valence-corrected chi connectivity index (χ3v) is 6.59. The zero-order valence-electron chi connectivity index (χ0n) is 15.5. The highest BCUT2D eigenvalue weighted by molar-refractivity contribution is 6.32. The fourth-order valence-corrected chi connectivity index (χ4v) is 4.50. The molecule has 1 aromatic rings. The number of nitrogens with zero attached hydrogens (tertiary/aromatic N) is 1. The summed E-state index contributed by atoms with van der Waals surface area (Å²) in [5.74, 6) is 0.852. The second-order valence-corrected chi connectivity index (χ2v) is 8.60. The van der Waals surface area contributed by atoms with Gasteiger partial charge >= 0.3 is 0 Å². The third-order valence-electron chi connectivity index (χ3n) is 6.32. The van der Waals surface area contributed by atoms with E-state index in [2.05, 4.69) is 10.3 Å². The maximum atomic E-state index is 12.5. The molecule has 0 radical (unpaired) electrons. The largest absolute Gasteiger partial charge is 0.476 e. The molecule has 0 unspecified atom stereocenters. The van der Waals surface area contributed by atoms with Gasteiger partial charge in [-0.3, -0.25) is 4.79 Å². The number of aromatic nitrogens is 1. The Labute approximate surface area is 164 Å². The maximum absolute atomic E-state index is 12.5. The Bertz CT molecular complexity index is 689. The zero-order valence-corrected chi connectivity index (χ0v) is 16.2. The fraction of sp³-hybridized carbons (Fsp3) is 0.700. The van der Waals surface area contributed by atoms with Gasteiger partial charge in [-0.2, -0.15) is 0 Å². The van der Waals surface area contributed by atoms with Gasteiger partial charge in [-0.1, -0.05) is 11.6 Å². The van der Waals surface area contributed by atoms with E-state index in [0.29, 0.717) is 35.5 Å². The summed E-state index contributed by atoms with van der Waals surface area (Å²) in [5.41, 5.74) is 0.381. The molecule has 0 aromatic carbocycles. The Balaban J connectivity index is 1.30. The number of carbonyl (C=O) groups excluding carboxylic acids is 1. The average Bonchev–Trinajstić information content (AvgIpc) is 3.47. The minimum absolute atomic E-state index is 0.0287. The van der Waals surface area contributed by atoms with Crippen LogP contribution in [0.1, 0.15) is 48.9 Å². The molecule has 2 aliphatic carbocycles. The van der Waals surface area contributed by atoms with Crippen LogP contribution in [-0.2, 0) is 4.74 Å². The van der Waals surface area contributed by atoms with E-state index in [0.717, 1.165) is 38.9 Å².